The fraction of sp³-hybridized carbons (Fsp3) is 0.200. The molecule has 1 aliphatic rings. The summed E-state index contributed by atoms with van der Waals surface area (Å²) in [4.78, 5) is 0. The third-order valence-corrected chi connectivity index (χ3v) is 0.790. The number of hydrogen-bond donors (Lipinski definition) is 1. The first-order valence-corrected chi connectivity index (χ1v) is 2.18. The number of hydrogen-bond acceptors (Lipinski definition) is 2. The smallest absolute Gasteiger partial charge is 0.260 e. The fourth-order valence-electron chi connectivity index (χ4n) is 0.403. The third kappa shape index (κ3) is 0.816. The molecule has 1 unspecified atom stereocenters. The molecule has 0 spiro atoms. The molecule has 1 atom stereocenters. The van der Waals surface area contributed by atoms with Crippen molar-refractivity contribution in [1.29, 1.82) is 0 Å². The van der Waals surface area contributed by atoms with Gasteiger partial charge in [0, 0.05) is 0 Å². The van der Waals surface area contributed by atoms with Gasteiger partial charge in [-0.25, -0.2) is 0 Å². The predicted octanol–water partition coefficient (Wildman–Crippen LogP) is 0.163. The topological polar surface area (TPSA) is 49.4 Å². The van der Waals surface area contributed by atoms with Crippen molar-refractivity contribution < 1.29 is 14.9 Å². The summed E-state index contributed by atoms with van der Waals surface area (Å²) >= 11 is 0. The molecule has 0 saturated heterocycles. The quantitative estimate of drug-likeness (QED) is 0.486. The van der Waals surface area contributed by atoms with Crippen molar-refractivity contribution in [2.75, 3.05) is 0 Å². The number of allylic oxidation sites excluding steroid dienone is 2. The molecule has 3 nitrogen and oxygen atoms in total. The normalized spacial score (nSPS) is 26.6. The SMILES string of the molecule is [O]C1=CC=COC1O. The number of ether oxygens (including phenoxy) is 1. The van der Waals surface area contributed by atoms with Gasteiger partial charge in [-0.3, -0.25) is 5.11 Å². The summed E-state index contributed by atoms with van der Waals surface area (Å²) in [6, 6.07) is 0. The highest BCUT2D eigenvalue weighted by atomic mass is 16.6. The molecule has 0 aliphatic carbocycles. The number of rotatable bonds is 0. The lowest BCUT2D eigenvalue weighted by molar-refractivity contribution is -0.0610. The zero-order valence-electron chi connectivity index (χ0n) is 4.07. The van der Waals surface area contributed by atoms with Crippen LogP contribution in [0, 0.1) is 0 Å². The van der Waals surface area contributed by atoms with Crippen molar-refractivity contribution in [3.05, 3.63) is 24.2 Å². The van der Waals surface area contributed by atoms with Crippen molar-refractivity contribution in [3.63, 3.8) is 0 Å². The molecule has 3 heteroatoms. The van der Waals surface area contributed by atoms with Crippen LogP contribution in [0.1, 0.15) is 0 Å². The molecule has 0 fully saturated rings. The minimum absolute atomic E-state index is 0.410. The Morgan fingerprint density at radius 3 is 2.88 bits per heavy atom. The van der Waals surface area contributed by atoms with Crippen LogP contribution >= 0.6 is 0 Å². The fourth-order valence-corrected chi connectivity index (χ4v) is 0.403. The third-order valence-electron chi connectivity index (χ3n) is 0.790. The van der Waals surface area contributed by atoms with E-state index < -0.39 is 12.0 Å². The summed E-state index contributed by atoms with van der Waals surface area (Å²) in [5.74, 6) is -0.410. The molecule has 0 saturated carbocycles. The van der Waals surface area contributed by atoms with Gasteiger partial charge in [0.25, 0.3) is 6.29 Å². The summed E-state index contributed by atoms with van der Waals surface area (Å²) in [6.45, 7) is 0. The van der Waals surface area contributed by atoms with Crippen LogP contribution in [0.4, 0.5) is 0 Å². The van der Waals surface area contributed by atoms with Crippen LogP contribution in [0.3, 0.4) is 0 Å². The van der Waals surface area contributed by atoms with Crippen molar-refractivity contribution in [2.24, 2.45) is 0 Å². The van der Waals surface area contributed by atoms with Gasteiger partial charge >= 0.3 is 0 Å². The van der Waals surface area contributed by atoms with Gasteiger partial charge in [-0.05, 0) is 12.2 Å². The zero-order chi connectivity index (χ0) is 5.98. The molecule has 1 heterocycles. The predicted molar refractivity (Wildman–Crippen MR) is 25.0 cm³/mol. The molecular formula is C5H5O3. The van der Waals surface area contributed by atoms with Crippen LogP contribution in [-0.2, 0) is 9.84 Å². The van der Waals surface area contributed by atoms with Gasteiger partial charge in [0.15, 0.2) is 0 Å². The average Bonchev–Trinajstić information content (AvgIpc) is 1.77. The average molecular weight is 113 g/mol. The lowest BCUT2D eigenvalue weighted by Crippen LogP contribution is -2.12. The summed E-state index contributed by atoms with van der Waals surface area (Å²) in [6.07, 6.45) is 2.69. The second kappa shape index (κ2) is 1.88. The van der Waals surface area contributed by atoms with E-state index in [4.69, 9.17) is 5.11 Å². The van der Waals surface area contributed by atoms with E-state index >= 15 is 0 Å². The molecule has 0 aromatic rings. The van der Waals surface area contributed by atoms with Gasteiger partial charge in [0.1, 0.15) is 0 Å². The van der Waals surface area contributed by atoms with E-state index in [9.17, 15) is 5.11 Å². The van der Waals surface area contributed by atoms with Gasteiger partial charge in [-0.2, -0.15) is 0 Å². The molecule has 1 radical (unpaired) electrons. The van der Waals surface area contributed by atoms with E-state index in [1.54, 1.807) is 0 Å². The summed E-state index contributed by atoms with van der Waals surface area (Å²) in [5.41, 5.74) is 0. The molecule has 0 amide bonds. The van der Waals surface area contributed by atoms with Crippen LogP contribution in [0.15, 0.2) is 24.2 Å². The Balaban J connectivity index is 2.66. The highest BCUT2D eigenvalue weighted by molar-refractivity contribution is 5.09. The summed E-state index contributed by atoms with van der Waals surface area (Å²) in [7, 11) is 0. The Morgan fingerprint density at radius 1 is 1.75 bits per heavy atom. The standard InChI is InChI=1S/C5H5O3/c6-4-2-1-3-8-5(4)7/h1-3,5,7H. The Kier molecular flexibility index (Phi) is 1.22. The monoisotopic (exact) mass is 113 g/mol. The first-order chi connectivity index (χ1) is 3.80. The van der Waals surface area contributed by atoms with Gasteiger partial charge < -0.3 is 9.84 Å². The van der Waals surface area contributed by atoms with Crippen LogP contribution in [0.2, 0.25) is 0 Å². The van der Waals surface area contributed by atoms with Crippen LogP contribution in [-0.4, -0.2) is 11.4 Å². The van der Waals surface area contributed by atoms with Crippen LogP contribution in [0.25, 0.3) is 0 Å². The lowest BCUT2D eigenvalue weighted by Gasteiger charge is -2.08. The molecule has 1 aliphatic heterocycles. The zero-order valence-corrected chi connectivity index (χ0v) is 4.07. The molecule has 8 heavy (non-hydrogen) atoms. The van der Waals surface area contributed by atoms with Gasteiger partial charge in [0.05, 0.1) is 6.26 Å². The second-order valence-corrected chi connectivity index (χ2v) is 1.39. The van der Waals surface area contributed by atoms with Crippen LogP contribution in [0.5, 0.6) is 0 Å². The van der Waals surface area contributed by atoms with Gasteiger partial charge in [0.2, 0.25) is 5.76 Å². The first kappa shape index (κ1) is 5.18. The molecule has 0 aromatic heterocycles. The Hall–Kier alpha value is -0.960. The summed E-state index contributed by atoms with van der Waals surface area (Å²) < 4.78 is 4.38. The highest BCUT2D eigenvalue weighted by Gasteiger charge is 2.11. The largest absolute Gasteiger partial charge is 0.465 e. The molecule has 0 bridgehead atoms. The molecule has 1 rings (SSSR count). The molecule has 0 aromatic carbocycles. The minimum Gasteiger partial charge on any atom is -0.465 e. The summed E-state index contributed by atoms with van der Waals surface area (Å²) in [5, 5.41) is 18.8. The first-order valence-electron chi connectivity index (χ1n) is 2.18. The second-order valence-electron chi connectivity index (χ2n) is 1.39. The van der Waals surface area contributed by atoms with Crippen molar-refractivity contribution >= 4 is 0 Å². The van der Waals surface area contributed by atoms with Crippen LogP contribution < -0.4 is 0 Å². The Morgan fingerprint density at radius 2 is 2.50 bits per heavy atom. The van der Waals surface area contributed by atoms with Gasteiger partial charge in [-0.15, -0.1) is 0 Å². The van der Waals surface area contributed by atoms with E-state index in [0.717, 1.165) is 0 Å². The van der Waals surface area contributed by atoms with E-state index in [2.05, 4.69) is 4.74 Å². The van der Waals surface area contributed by atoms with E-state index in [0.29, 0.717) is 0 Å². The maximum absolute atomic E-state index is 10.3. The molecule has 1 N–H and O–H groups in total. The Bertz CT molecular complexity index is 137. The van der Waals surface area contributed by atoms with Crippen molar-refractivity contribution in [2.45, 2.75) is 6.29 Å². The molecular weight excluding hydrogens is 108 g/mol. The number of aliphatic hydroxyl groups is 1. The van der Waals surface area contributed by atoms with Crippen molar-refractivity contribution in [1.82, 2.24) is 0 Å². The number of aliphatic hydroxyl groups excluding tert-OH is 1. The highest BCUT2D eigenvalue weighted by Crippen LogP contribution is 2.05. The van der Waals surface area contributed by atoms with E-state index in [-0.39, 0.29) is 0 Å². The van der Waals surface area contributed by atoms with Crippen molar-refractivity contribution in [3.8, 4) is 0 Å². The minimum atomic E-state index is -1.28. The maximum atomic E-state index is 10.3. The molecule has 43 valence electrons. The maximum Gasteiger partial charge on any atom is 0.260 e. The lowest BCUT2D eigenvalue weighted by atomic mass is 10.4. The van der Waals surface area contributed by atoms with E-state index in [1.165, 1.54) is 18.4 Å². The van der Waals surface area contributed by atoms with E-state index in [1.807, 2.05) is 0 Å². The van der Waals surface area contributed by atoms with Gasteiger partial charge in [-0.1, -0.05) is 0 Å². The Labute approximate surface area is 46.5 Å².